The second-order valence-electron chi connectivity index (χ2n) is 8.55. The fraction of sp³-hybridized carbons (Fsp3) is 0.192. The van der Waals surface area contributed by atoms with Gasteiger partial charge in [0.1, 0.15) is 0 Å². The van der Waals surface area contributed by atoms with Crippen LogP contribution in [0.2, 0.25) is 0 Å². The summed E-state index contributed by atoms with van der Waals surface area (Å²) in [5.74, 6) is -0.104. The monoisotopic (exact) mass is 488 g/mol. The summed E-state index contributed by atoms with van der Waals surface area (Å²) in [6.07, 6.45) is 4.52. The molecule has 0 radical (unpaired) electrons. The molecule has 2 N–H and O–H groups in total. The Hall–Kier alpha value is -3.98. The second-order valence-corrected chi connectivity index (χ2v) is 10.2. The smallest absolute Gasteiger partial charge is 0.322 e. The second kappa shape index (κ2) is 9.34. The van der Waals surface area contributed by atoms with Crippen LogP contribution in [0.5, 0.6) is 0 Å². The number of nitrogens with one attached hydrogen (secondary N) is 2. The van der Waals surface area contributed by atoms with E-state index in [1.54, 1.807) is 24.3 Å². The highest BCUT2D eigenvalue weighted by Crippen LogP contribution is 2.27. The number of sulfonamides is 1. The van der Waals surface area contributed by atoms with Crippen molar-refractivity contribution in [2.45, 2.75) is 37.5 Å². The predicted octanol–water partition coefficient (Wildman–Crippen LogP) is 4.98. The maximum absolute atomic E-state index is 12.6. The number of carbonyl (C=O) groups excluding carboxylic acids is 1. The first-order valence-electron chi connectivity index (χ1n) is 11.3. The minimum Gasteiger partial charge on any atom is -0.403 e. The fourth-order valence-corrected chi connectivity index (χ4v) is 5.11. The summed E-state index contributed by atoms with van der Waals surface area (Å²) in [6, 6.07) is 18.8. The summed E-state index contributed by atoms with van der Waals surface area (Å²) in [6.45, 7) is 1.89. The van der Waals surface area contributed by atoms with Gasteiger partial charge in [-0.3, -0.25) is 14.8 Å². The molecule has 35 heavy (non-hydrogen) atoms. The van der Waals surface area contributed by atoms with E-state index in [9.17, 15) is 13.2 Å². The third-order valence-corrected chi connectivity index (χ3v) is 7.37. The molecule has 0 saturated carbocycles. The van der Waals surface area contributed by atoms with Crippen molar-refractivity contribution in [2.24, 2.45) is 0 Å². The molecule has 9 heteroatoms. The number of amides is 1. The minimum atomic E-state index is -3.73. The van der Waals surface area contributed by atoms with Crippen LogP contribution in [0.1, 0.15) is 39.9 Å². The summed E-state index contributed by atoms with van der Waals surface area (Å²) in [5.41, 5.74) is 5.11. The molecule has 0 saturated heterocycles. The van der Waals surface area contributed by atoms with E-state index in [2.05, 4.69) is 32.4 Å². The number of hydrogen-bond donors (Lipinski definition) is 2. The third kappa shape index (κ3) is 5.09. The van der Waals surface area contributed by atoms with Gasteiger partial charge in [-0.25, -0.2) is 8.42 Å². The van der Waals surface area contributed by atoms with E-state index in [1.165, 1.54) is 48.2 Å². The summed E-state index contributed by atoms with van der Waals surface area (Å²) < 4.78 is 33.3. The van der Waals surface area contributed by atoms with E-state index in [1.807, 2.05) is 13.0 Å². The Kier molecular flexibility index (Phi) is 6.08. The highest BCUT2D eigenvalue weighted by Gasteiger charge is 2.17. The van der Waals surface area contributed by atoms with E-state index >= 15 is 0 Å². The van der Waals surface area contributed by atoms with E-state index in [4.69, 9.17) is 4.42 Å². The lowest BCUT2D eigenvalue weighted by Crippen LogP contribution is -2.14. The van der Waals surface area contributed by atoms with E-state index in [0.29, 0.717) is 17.1 Å². The topological polar surface area (TPSA) is 114 Å². The zero-order valence-corrected chi connectivity index (χ0v) is 19.9. The van der Waals surface area contributed by atoms with Gasteiger partial charge in [-0.1, -0.05) is 28.9 Å². The van der Waals surface area contributed by atoms with Gasteiger partial charge in [0.25, 0.3) is 15.9 Å². The highest BCUT2D eigenvalue weighted by atomic mass is 32.2. The van der Waals surface area contributed by atoms with Crippen molar-refractivity contribution in [3.63, 3.8) is 0 Å². The van der Waals surface area contributed by atoms with Crippen LogP contribution >= 0.6 is 0 Å². The Labute approximate surface area is 203 Å². The van der Waals surface area contributed by atoms with Crippen LogP contribution in [0.4, 0.5) is 11.7 Å². The number of hydrogen-bond acceptors (Lipinski definition) is 6. The summed E-state index contributed by atoms with van der Waals surface area (Å²) in [5, 5.41) is 10.6. The number of fused-ring (bicyclic) bond motifs is 1. The van der Waals surface area contributed by atoms with Crippen LogP contribution in [0.3, 0.4) is 0 Å². The number of nitrogens with zero attached hydrogens (tertiary/aromatic N) is 2. The first-order chi connectivity index (χ1) is 16.9. The van der Waals surface area contributed by atoms with Crippen LogP contribution < -0.4 is 10.0 Å². The SMILES string of the molecule is Cc1ccc(S(=O)(=O)Nc2ccc(C(=O)Nc3nnc(-c4ccc5c(c4)CCCC5)o3)cc2)cc1. The van der Waals surface area contributed by atoms with Crippen molar-refractivity contribution >= 4 is 27.6 Å². The Balaban J connectivity index is 1.24. The standard InChI is InChI=1S/C26H24N4O4S/c1-17-6-14-23(15-7-17)35(32,33)30-22-12-10-19(11-13-22)24(31)27-26-29-28-25(34-26)21-9-8-18-4-2-3-5-20(18)16-21/h6-16,30H,2-5H2,1H3,(H,27,29,31). The van der Waals surface area contributed by atoms with Crippen LogP contribution in [0.25, 0.3) is 11.5 Å². The van der Waals surface area contributed by atoms with Crippen molar-refractivity contribution in [2.75, 3.05) is 10.0 Å². The summed E-state index contributed by atoms with van der Waals surface area (Å²) >= 11 is 0. The lowest BCUT2D eigenvalue weighted by atomic mass is 9.90. The predicted molar refractivity (Wildman–Crippen MR) is 133 cm³/mol. The lowest BCUT2D eigenvalue weighted by molar-refractivity contribution is 0.102. The molecule has 0 atom stereocenters. The van der Waals surface area contributed by atoms with Crippen molar-refractivity contribution in [1.29, 1.82) is 0 Å². The molecule has 0 fully saturated rings. The molecule has 8 nitrogen and oxygen atoms in total. The van der Waals surface area contributed by atoms with Gasteiger partial charge in [0.05, 0.1) is 4.90 Å². The van der Waals surface area contributed by atoms with Crippen LogP contribution in [0.15, 0.2) is 76.0 Å². The lowest BCUT2D eigenvalue weighted by Gasteiger charge is -2.15. The maximum Gasteiger partial charge on any atom is 0.322 e. The molecule has 1 heterocycles. The molecule has 0 unspecified atom stereocenters. The molecule has 5 rings (SSSR count). The van der Waals surface area contributed by atoms with Crippen molar-refractivity contribution < 1.29 is 17.6 Å². The van der Waals surface area contributed by atoms with Gasteiger partial charge in [0.2, 0.25) is 5.89 Å². The van der Waals surface area contributed by atoms with E-state index < -0.39 is 15.9 Å². The van der Waals surface area contributed by atoms with E-state index in [-0.39, 0.29) is 10.9 Å². The fourth-order valence-electron chi connectivity index (χ4n) is 4.05. The molecule has 1 amide bonds. The Morgan fingerprint density at radius 2 is 1.60 bits per heavy atom. The van der Waals surface area contributed by atoms with Gasteiger partial charge in [-0.2, -0.15) is 0 Å². The van der Waals surface area contributed by atoms with Crippen molar-refractivity contribution in [3.05, 3.63) is 89.0 Å². The molecule has 178 valence electrons. The number of aromatic nitrogens is 2. The molecular weight excluding hydrogens is 464 g/mol. The molecule has 0 aliphatic heterocycles. The Morgan fingerprint density at radius 3 is 2.34 bits per heavy atom. The Morgan fingerprint density at radius 1 is 0.886 bits per heavy atom. The molecule has 3 aromatic carbocycles. The molecule has 4 aromatic rings. The normalized spacial score (nSPS) is 13.2. The van der Waals surface area contributed by atoms with Gasteiger partial charge in [0.15, 0.2) is 0 Å². The number of benzene rings is 3. The first-order valence-corrected chi connectivity index (χ1v) is 12.8. The minimum absolute atomic E-state index is 0.00753. The quantitative estimate of drug-likeness (QED) is 0.396. The van der Waals surface area contributed by atoms with Crippen LogP contribution in [-0.4, -0.2) is 24.5 Å². The number of rotatable bonds is 6. The summed E-state index contributed by atoms with van der Waals surface area (Å²) in [4.78, 5) is 12.8. The van der Waals surface area contributed by atoms with Gasteiger partial charge in [0, 0.05) is 16.8 Å². The number of carbonyl (C=O) groups is 1. The third-order valence-electron chi connectivity index (χ3n) is 5.97. The molecular formula is C26H24N4O4S. The zero-order chi connectivity index (χ0) is 24.4. The van der Waals surface area contributed by atoms with Crippen molar-refractivity contribution in [3.8, 4) is 11.5 Å². The van der Waals surface area contributed by atoms with Gasteiger partial charge < -0.3 is 4.42 Å². The molecule has 0 spiro atoms. The number of anilines is 2. The molecule has 0 bridgehead atoms. The van der Waals surface area contributed by atoms with Gasteiger partial charge in [-0.15, -0.1) is 5.10 Å². The largest absolute Gasteiger partial charge is 0.403 e. The average molecular weight is 489 g/mol. The maximum atomic E-state index is 12.6. The highest BCUT2D eigenvalue weighted by molar-refractivity contribution is 7.92. The molecule has 1 aliphatic rings. The van der Waals surface area contributed by atoms with Crippen LogP contribution in [0, 0.1) is 6.92 Å². The van der Waals surface area contributed by atoms with Gasteiger partial charge in [-0.05, 0) is 92.3 Å². The molecule has 1 aliphatic carbocycles. The van der Waals surface area contributed by atoms with Crippen molar-refractivity contribution in [1.82, 2.24) is 10.2 Å². The Bertz CT molecular complexity index is 1480. The average Bonchev–Trinajstić information content (AvgIpc) is 3.32. The molecule has 1 aromatic heterocycles. The summed E-state index contributed by atoms with van der Waals surface area (Å²) in [7, 11) is -3.73. The van der Waals surface area contributed by atoms with Gasteiger partial charge >= 0.3 is 6.01 Å². The van der Waals surface area contributed by atoms with E-state index in [0.717, 1.165) is 24.0 Å². The van der Waals surface area contributed by atoms with Crippen LogP contribution in [-0.2, 0) is 22.9 Å². The number of aryl methyl sites for hydroxylation is 3. The first kappa shape index (κ1) is 22.8. The zero-order valence-electron chi connectivity index (χ0n) is 19.1.